The molecule has 0 saturated carbocycles. The summed E-state index contributed by atoms with van der Waals surface area (Å²) < 4.78 is 133. The van der Waals surface area contributed by atoms with Crippen molar-refractivity contribution in [3.05, 3.63) is 78.9 Å². The summed E-state index contributed by atoms with van der Waals surface area (Å²) in [5.74, 6) is -3.22. The minimum Gasteiger partial charge on any atom is -0.505 e. The Balaban J connectivity index is 1.32. The fourth-order valence-electron chi connectivity index (χ4n) is 5.64. The van der Waals surface area contributed by atoms with Crippen LogP contribution in [-0.4, -0.2) is 102 Å². The molecule has 0 fully saturated rings. The van der Waals surface area contributed by atoms with Gasteiger partial charge < -0.3 is 20.8 Å². The van der Waals surface area contributed by atoms with Gasteiger partial charge >= 0.3 is 16.4 Å². The van der Waals surface area contributed by atoms with Crippen LogP contribution >= 0.6 is 23.8 Å². The zero-order valence-electron chi connectivity index (χ0n) is 31.4. The highest BCUT2D eigenvalue weighted by Crippen LogP contribution is 2.45. The number of anilines is 4. The number of carboxylic acids is 1. The number of fused-ring (bicyclic) bond motifs is 2. The maximum absolute atomic E-state index is 12.6. The third-order valence-electron chi connectivity index (χ3n) is 8.20. The lowest BCUT2D eigenvalue weighted by Crippen LogP contribution is -2.15. The zero-order valence-corrected chi connectivity index (χ0v) is 36.3. The van der Waals surface area contributed by atoms with Crippen LogP contribution in [0.5, 0.6) is 5.75 Å². The van der Waals surface area contributed by atoms with E-state index in [0.717, 1.165) is 42.1 Å². The molecule has 0 aliphatic heterocycles. The van der Waals surface area contributed by atoms with E-state index >= 15 is 0 Å². The van der Waals surface area contributed by atoms with E-state index in [1.54, 1.807) is 0 Å². The third kappa shape index (κ3) is 11.9. The minimum atomic E-state index is -5.14. The highest BCUT2D eigenvalue weighted by molar-refractivity contribution is 7.99. The van der Waals surface area contributed by atoms with Gasteiger partial charge in [0.05, 0.1) is 39.9 Å². The third-order valence-corrected chi connectivity index (χ3v) is 13.7. The summed E-state index contributed by atoms with van der Waals surface area (Å²) >= 11 is 1.07. The number of carboxylic acid groups (broad SMARTS) is 1. The molecule has 0 aliphatic carbocycles. The predicted molar refractivity (Wildman–Crippen MR) is 225 cm³/mol. The van der Waals surface area contributed by atoms with Crippen molar-refractivity contribution in [3.63, 3.8) is 0 Å². The Hall–Kier alpha value is -5.68. The fraction of sp³-hybridized carbons (Fsp3) is 0.0909. The van der Waals surface area contributed by atoms with Crippen molar-refractivity contribution in [2.45, 2.75) is 24.7 Å². The molecule has 0 spiro atoms. The smallest absolute Gasteiger partial charge is 0.397 e. The highest BCUT2D eigenvalue weighted by atomic mass is 32.3. The number of benzene rings is 5. The van der Waals surface area contributed by atoms with E-state index in [4.69, 9.17) is 9.81 Å². The molecule has 0 unspecified atom stereocenters. The molecule has 0 aliphatic rings. The van der Waals surface area contributed by atoms with Gasteiger partial charge in [-0.2, -0.15) is 40.2 Å². The van der Waals surface area contributed by atoms with Gasteiger partial charge in [-0.05, 0) is 66.0 Å². The van der Waals surface area contributed by atoms with Crippen LogP contribution in [0.3, 0.4) is 0 Å². The summed E-state index contributed by atoms with van der Waals surface area (Å²) in [6, 6.07) is 16.2. The number of azo groups is 1. The summed E-state index contributed by atoms with van der Waals surface area (Å²) in [6.07, 6.45) is 0. The van der Waals surface area contributed by atoms with Crippen molar-refractivity contribution in [1.29, 1.82) is 0 Å². The lowest BCUT2D eigenvalue weighted by atomic mass is 10.1. The van der Waals surface area contributed by atoms with Crippen molar-refractivity contribution >= 4 is 126 Å². The van der Waals surface area contributed by atoms with Gasteiger partial charge in [-0.25, -0.2) is 17.9 Å². The van der Waals surface area contributed by atoms with Gasteiger partial charge in [-0.1, -0.05) is 35.0 Å². The summed E-state index contributed by atoms with van der Waals surface area (Å²) in [6.45, 7) is -0.833. The van der Waals surface area contributed by atoms with Crippen LogP contribution in [-0.2, 0) is 58.8 Å². The van der Waals surface area contributed by atoms with E-state index in [1.807, 2.05) is 0 Å². The Morgan fingerprint density at radius 1 is 0.750 bits per heavy atom. The summed E-state index contributed by atoms with van der Waals surface area (Å²) in [5.41, 5.74) is -0.355. The minimum absolute atomic E-state index is 0.0591. The molecule has 0 bridgehead atoms. The highest BCUT2D eigenvalue weighted by Gasteiger charge is 2.25. The first-order valence-corrected chi connectivity index (χ1v) is 24.6. The zero-order chi connectivity index (χ0) is 46.6. The maximum Gasteiger partial charge on any atom is 0.397 e. The van der Waals surface area contributed by atoms with Crippen LogP contribution in [0.25, 0.3) is 21.5 Å². The Labute approximate surface area is 369 Å². The van der Waals surface area contributed by atoms with Crippen LogP contribution < -0.4 is 10.6 Å². The van der Waals surface area contributed by atoms with Gasteiger partial charge in [0.25, 0.3) is 20.2 Å². The van der Waals surface area contributed by atoms with E-state index < -0.39 is 85.8 Å². The number of hydrogen-bond donors (Lipinski definition) is 8. The molecular weight excluding hydrogens is 975 g/mol. The molecular formula is C33H27N7O18S6. The quantitative estimate of drug-likeness (QED) is 0.0124. The molecule has 31 heteroatoms. The van der Waals surface area contributed by atoms with Crippen LogP contribution in [0.2, 0.25) is 0 Å². The number of carbonyl (C=O) groups is 1. The Kier molecular flexibility index (Phi) is 14.3. The van der Waals surface area contributed by atoms with Gasteiger partial charge in [-0.15, -0.1) is 14.6 Å². The second-order valence-corrected chi connectivity index (χ2v) is 20.1. The van der Waals surface area contributed by atoms with Crippen molar-refractivity contribution in [2.24, 2.45) is 10.2 Å². The van der Waals surface area contributed by atoms with Gasteiger partial charge in [0.1, 0.15) is 21.2 Å². The number of nitrogens with one attached hydrogen (secondary N) is 2. The number of aromatic nitrogens is 3. The first-order valence-electron chi connectivity index (χ1n) is 17.0. The number of hydrogen-bond acceptors (Lipinski definition) is 23. The molecule has 6 aromatic rings. The first-order chi connectivity index (χ1) is 30.0. The second-order valence-electron chi connectivity index (χ2n) is 12.4. The van der Waals surface area contributed by atoms with Crippen molar-refractivity contribution < 1.29 is 81.1 Å². The molecule has 338 valence electrons. The number of nitrogens with zero attached hydrogens (tertiary/aromatic N) is 5. The molecule has 1 heterocycles. The van der Waals surface area contributed by atoms with Crippen LogP contribution in [0.15, 0.2) is 114 Å². The van der Waals surface area contributed by atoms with E-state index in [1.165, 1.54) is 48.5 Å². The number of aromatic hydroxyl groups is 1. The average Bonchev–Trinajstić information content (AvgIpc) is 3.20. The van der Waals surface area contributed by atoms with Crippen LogP contribution in [0.4, 0.5) is 34.6 Å². The number of rotatable bonds is 19. The first kappa shape index (κ1) is 47.8. The van der Waals surface area contributed by atoms with Gasteiger partial charge in [-0.3, -0.25) is 18.5 Å². The Morgan fingerprint density at radius 3 is 2.03 bits per heavy atom. The molecule has 25 nitrogen and oxygen atoms in total. The van der Waals surface area contributed by atoms with E-state index in [2.05, 4.69) is 49.4 Å². The molecule has 64 heavy (non-hydrogen) atoms. The molecule has 8 N–H and O–H groups in total. The molecule has 6 rings (SSSR count). The topological polar surface area (TPSA) is 390 Å². The molecule has 0 radical (unpaired) electrons. The van der Waals surface area contributed by atoms with Crippen LogP contribution in [0.1, 0.15) is 0 Å². The summed E-state index contributed by atoms with van der Waals surface area (Å²) in [7, 11) is -18.9. The number of aliphatic carboxylic acids is 1. The van der Waals surface area contributed by atoms with Crippen LogP contribution in [0, 0.1) is 0 Å². The van der Waals surface area contributed by atoms with E-state index in [0.29, 0.717) is 12.0 Å². The number of thioether (sulfide) groups is 1. The number of sulfone groups is 1. The largest absolute Gasteiger partial charge is 0.505 e. The average molecular weight is 1000 g/mol. The standard InChI is InChI=1S/C33H27N7O18S6/c41-27(42)16-59-33-37-31(34-18-4-7-20(8-5-18)61(45,46)13-12-56-64(53,54)55)36-32(38-33)35-19-6-9-21-17(14-19)15-25(60-58-57-44)28(29(21)43)40-39-24-11-10-22-23(30(24)63(50,51)52)2-1-3-26(22)62(47,48)49/h1-11,14-15,43-44H,12-13,16H2,(H,41,42)(H,47,48,49)(H,50,51,52)(H,53,54,55)(H2,34,35,36,37,38). The Morgan fingerprint density at radius 2 is 1.41 bits per heavy atom. The summed E-state index contributed by atoms with van der Waals surface area (Å²) in [5, 5.41) is 46.6. The molecule has 0 amide bonds. The fourth-order valence-corrected chi connectivity index (χ4v) is 9.71. The normalized spacial score (nSPS) is 12.6. The molecule has 1 aromatic heterocycles. The van der Waals surface area contributed by atoms with Crippen molar-refractivity contribution in [3.8, 4) is 5.75 Å². The van der Waals surface area contributed by atoms with Gasteiger partial charge in [0, 0.05) is 27.5 Å². The van der Waals surface area contributed by atoms with Crippen molar-refractivity contribution in [1.82, 2.24) is 15.0 Å². The summed E-state index contributed by atoms with van der Waals surface area (Å²) in [4.78, 5) is 22.2. The molecule has 0 saturated heterocycles. The number of phenolic OH excluding ortho intramolecular Hbond substituents is 1. The predicted octanol–water partition coefficient (Wildman–Crippen LogP) is 5.48. The molecule has 0 atom stereocenters. The monoisotopic (exact) mass is 1000 g/mol. The Bertz CT molecular complexity index is 3290. The number of phenols is 1. The van der Waals surface area contributed by atoms with Gasteiger partial charge in [0.15, 0.2) is 20.7 Å². The van der Waals surface area contributed by atoms with E-state index in [-0.39, 0.29) is 65.5 Å². The van der Waals surface area contributed by atoms with Crippen molar-refractivity contribution in [2.75, 3.05) is 28.7 Å². The SMILES string of the molecule is O=C(O)CSc1nc(Nc2ccc(S(=O)(=O)CCOS(=O)(=O)O)cc2)nc(Nc2ccc3c(O)c(N=Nc4ccc5c(S(=O)(=O)O)cccc5c4S(=O)(=O)O)c(SOOO)cc3c2)n1. The lowest BCUT2D eigenvalue weighted by Gasteiger charge is -2.13. The lowest BCUT2D eigenvalue weighted by molar-refractivity contribution is -0.432. The van der Waals surface area contributed by atoms with Gasteiger partial charge in [0.2, 0.25) is 11.9 Å². The van der Waals surface area contributed by atoms with E-state index in [9.17, 15) is 57.8 Å². The maximum atomic E-state index is 12.6. The molecule has 5 aromatic carbocycles. The second kappa shape index (κ2) is 19.2.